The molecular weight excluding hydrogens is 703 g/mol. The number of rotatable bonds is 7. The minimum Gasteiger partial charge on any atom is -0.453 e. The van der Waals surface area contributed by atoms with Crippen molar-refractivity contribution in [1.82, 2.24) is 0 Å². The monoisotopic (exact) mass is 750 g/mol. The van der Waals surface area contributed by atoms with Gasteiger partial charge in [0.1, 0.15) is 5.58 Å². The molecule has 58 heavy (non-hydrogen) atoms. The molecule has 0 saturated carbocycles. The standard InChI is InChI=1S/C56H37NO/c1-3-13-39(14-4-1)47-19-9-10-20-48(47)43-29-34-46(35-30-43)57(54-24-12-23-51-52-36-31-41-17-7-8-21-50(41)55(52)58-56(51)54)45-32-27-38(28-33-45)44-26-25-42-18-11-22-49(53(42)37-44)40-15-5-2-6-16-40/h1-37H/i2D,5D,6D,11D,15D,16D,18D,22D,25D,26D,37D. The van der Waals surface area contributed by atoms with E-state index in [-0.39, 0.29) is 27.9 Å². The summed E-state index contributed by atoms with van der Waals surface area (Å²) in [4.78, 5) is 2.08. The summed E-state index contributed by atoms with van der Waals surface area (Å²) in [6, 6.07) is 45.8. The number of furan rings is 1. The maximum absolute atomic E-state index is 9.62. The molecule has 1 aromatic heterocycles. The molecule has 11 rings (SSSR count). The zero-order valence-corrected chi connectivity index (χ0v) is 30.9. The van der Waals surface area contributed by atoms with E-state index in [1.165, 1.54) is 0 Å². The van der Waals surface area contributed by atoms with Crippen LogP contribution in [0.3, 0.4) is 0 Å². The molecule has 0 aliphatic carbocycles. The Morgan fingerprint density at radius 3 is 1.78 bits per heavy atom. The maximum atomic E-state index is 9.62. The van der Waals surface area contributed by atoms with Gasteiger partial charge in [-0.05, 0) is 103 Å². The van der Waals surface area contributed by atoms with Crippen LogP contribution < -0.4 is 4.90 Å². The smallest absolute Gasteiger partial charge is 0.159 e. The van der Waals surface area contributed by atoms with Crippen molar-refractivity contribution < 1.29 is 19.5 Å². The van der Waals surface area contributed by atoms with E-state index in [0.29, 0.717) is 16.8 Å². The van der Waals surface area contributed by atoms with E-state index >= 15 is 0 Å². The molecule has 0 N–H and O–H groups in total. The van der Waals surface area contributed by atoms with Gasteiger partial charge in [0.25, 0.3) is 0 Å². The average molecular weight is 751 g/mol. The molecule has 272 valence electrons. The highest BCUT2D eigenvalue weighted by Crippen LogP contribution is 2.45. The third-order valence-electron chi connectivity index (χ3n) is 10.7. The summed E-state index contributed by atoms with van der Waals surface area (Å²) < 4.78 is 104. The first-order chi connectivity index (χ1) is 33.3. The lowest BCUT2D eigenvalue weighted by molar-refractivity contribution is 0.673. The van der Waals surface area contributed by atoms with Crippen LogP contribution in [-0.2, 0) is 0 Å². The number of hydrogen-bond acceptors (Lipinski definition) is 2. The van der Waals surface area contributed by atoms with Gasteiger partial charge < -0.3 is 9.32 Å². The third kappa shape index (κ3) is 5.82. The van der Waals surface area contributed by atoms with Gasteiger partial charge in [0, 0.05) is 27.5 Å². The lowest BCUT2D eigenvalue weighted by Crippen LogP contribution is -2.10. The second-order valence-electron chi connectivity index (χ2n) is 14.0. The molecule has 2 heteroatoms. The molecule has 1 heterocycles. The summed E-state index contributed by atoms with van der Waals surface area (Å²) in [5.41, 5.74) is 7.53. The first-order valence-electron chi connectivity index (χ1n) is 24.4. The Labute approximate surface area is 353 Å². The second kappa shape index (κ2) is 14.1. The molecule has 0 radical (unpaired) electrons. The fourth-order valence-corrected chi connectivity index (χ4v) is 7.90. The Hall–Kier alpha value is -7.68. The number of benzene rings is 10. The predicted octanol–water partition coefficient (Wildman–Crippen LogP) is 16.0. The zero-order valence-electron chi connectivity index (χ0n) is 41.9. The Bertz CT molecular complexity index is 3880. The van der Waals surface area contributed by atoms with Crippen molar-refractivity contribution in [3.8, 4) is 44.5 Å². The van der Waals surface area contributed by atoms with Crippen LogP contribution >= 0.6 is 0 Å². The van der Waals surface area contributed by atoms with Gasteiger partial charge in [0.05, 0.1) is 20.8 Å². The van der Waals surface area contributed by atoms with Gasteiger partial charge in [-0.3, -0.25) is 0 Å². The van der Waals surface area contributed by atoms with E-state index < -0.39 is 66.0 Å². The Kier molecular flexibility index (Phi) is 5.86. The van der Waals surface area contributed by atoms with Gasteiger partial charge in [0.2, 0.25) is 0 Å². The highest BCUT2D eigenvalue weighted by atomic mass is 16.3. The van der Waals surface area contributed by atoms with Crippen molar-refractivity contribution in [2.75, 3.05) is 4.90 Å². The number of nitrogens with zero attached hydrogens (tertiary/aromatic N) is 1. The summed E-state index contributed by atoms with van der Waals surface area (Å²) in [5, 5.41) is 3.41. The Morgan fingerprint density at radius 2 is 1.00 bits per heavy atom. The normalized spacial score (nSPS) is 14.1. The Balaban J connectivity index is 1.10. The fourth-order valence-electron chi connectivity index (χ4n) is 7.90. The van der Waals surface area contributed by atoms with E-state index in [4.69, 9.17) is 16.8 Å². The topological polar surface area (TPSA) is 16.4 Å². The molecule has 0 spiro atoms. The van der Waals surface area contributed by atoms with Gasteiger partial charge in [-0.15, -0.1) is 0 Å². The van der Waals surface area contributed by atoms with Crippen LogP contribution in [0.1, 0.15) is 15.1 Å². The van der Waals surface area contributed by atoms with Crippen molar-refractivity contribution in [2.45, 2.75) is 0 Å². The zero-order chi connectivity index (χ0) is 48.0. The van der Waals surface area contributed by atoms with Crippen LogP contribution in [0.2, 0.25) is 0 Å². The molecule has 11 aromatic rings. The van der Waals surface area contributed by atoms with Crippen molar-refractivity contribution >= 4 is 60.5 Å². The van der Waals surface area contributed by atoms with Crippen LogP contribution in [0, 0.1) is 0 Å². The number of hydrogen-bond donors (Lipinski definition) is 0. The minimum absolute atomic E-state index is 0.0246. The van der Waals surface area contributed by atoms with Crippen molar-refractivity contribution in [2.24, 2.45) is 0 Å². The SMILES string of the molecule is [2H]c1c([2H])c([2H])c(-c2c([2H])c([2H])c([2H])c3c([2H])c([2H])c(-c4ccc(N(c5ccc(-c6ccccc6-c6ccccc6)cc5)c5cccc6c5oc5c7ccccc7ccc65)cc4)c([2H])c23)c([2H])c1[2H]. The summed E-state index contributed by atoms with van der Waals surface area (Å²) >= 11 is 0. The average Bonchev–Trinajstić information content (AvgIpc) is 3.78. The Morgan fingerprint density at radius 1 is 0.345 bits per heavy atom. The number of para-hydroxylation sites is 1. The van der Waals surface area contributed by atoms with Crippen molar-refractivity contribution in [3.05, 3.63) is 224 Å². The lowest BCUT2D eigenvalue weighted by Gasteiger charge is -2.26. The highest BCUT2D eigenvalue weighted by molar-refractivity contribution is 6.17. The van der Waals surface area contributed by atoms with E-state index in [2.05, 4.69) is 71.6 Å². The maximum Gasteiger partial charge on any atom is 0.159 e. The molecule has 0 fully saturated rings. The number of anilines is 3. The summed E-state index contributed by atoms with van der Waals surface area (Å²) in [5.74, 6) is 0. The van der Waals surface area contributed by atoms with Crippen LogP contribution in [0.25, 0.3) is 88.0 Å². The van der Waals surface area contributed by atoms with Gasteiger partial charge in [-0.1, -0.05) is 182 Å². The highest BCUT2D eigenvalue weighted by Gasteiger charge is 2.21. The van der Waals surface area contributed by atoms with Gasteiger partial charge >= 0.3 is 0 Å². The number of fused-ring (bicyclic) bond motifs is 6. The van der Waals surface area contributed by atoms with Crippen molar-refractivity contribution in [1.29, 1.82) is 0 Å². The molecule has 0 aliphatic heterocycles. The lowest BCUT2D eigenvalue weighted by atomic mass is 9.94. The van der Waals surface area contributed by atoms with Crippen LogP contribution in [0.5, 0.6) is 0 Å². The molecule has 0 aliphatic rings. The minimum atomic E-state index is -0.673. The van der Waals surface area contributed by atoms with E-state index in [0.717, 1.165) is 60.8 Å². The van der Waals surface area contributed by atoms with E-state index in [1.54, 1.807) is 12.1 Å². The summed E-state index contributed by atoms with van der Waals surface area (Å²) in [6.07, 6.45) is 0. The molecule has 0 atom stereocenters. The molecule has 10 aromatic carbocycles. The molecular formula is C56H37NO. The van der Waals surface area contributed by atoms with Gasteiger partial charge in [0.15, 0.2) is 5.58 Å². The predicted molar refractivity (Wildman–Crippen MR) is 245 cm³/mol. The van der Waals surface area contributed by atoms with Crippen LogP contribution in [0.4, 0.5) is 17.1 Å². The first kappa shape index (κ1) is 24.1. The molecule has 2 nitrogen and oxygen atoms in total. The molecule has 0 bridgehead atoms. The molecule has 0 amide bonds. The van der Waals surface area contributed by atoms with Crippen LogP contribution in [0.15, 0.2) is 229 Å². The first-order valence-corrected chi connectivity index (χ1v) is 18.9. The molecule has 0 unspecified atom stereocenters. The third-order valence-corrected chi connectivity index (χ3v) is 10.7. The quantitative estimate of drug-likeness (QED) is 0.161. The fraction of sp³-hybridized carbons (Fsp3) is 0. The van der Waals surface area contributed by atoms with Gasteiger partial charge in [-0.2, -0.15) is 0 Å². The van der Waals surface area contributed by atoms with Crippen LogP contribution in [-0.4, -0.2) is 0 Å². The van der Waals surface area contributed by atoms with Crippen molar-refractivity contribution in [3.63, 3.8) is 0 Å². The second-order valence-corrected chi connectivity index (χ2v) is 14.0. The van der Waals surface area contributed by atoms with E-state index in [1.807, 2.05) is 78.9 Å². The van der Waals surface area contributed by atoms with Gasteiger partial charge in [-0.25, -0.2) is 0 Å². The summed E-state index contributed by atoms with van der Waals surface area (Å²) in [6.45, 7) is 0. The largest absolute Gasteiger partial charge is 0.453 e. The van der Waals surface area contributed by atoms with E-state index in [9.17, 15) is 2.74 Å². The summed E-state index contributed by atoms with van der Waals surface area (Å²) in [7, 11) is 0. The molecule has 0 saturated heterocycles.